The molecule has 2 aromatic rings. The van der Waals surface area contributed by atoms with Crippen LogP contribution in [0.3, 0.4) is 0 Å². The van der Waals surface area contributed by atoms with E-state index in [0.29, 0.717) is 11.7 Å². The molecule has 4 nitrogen and oxygen atoms in total. The van der Waals surface area contributed by atoms with E-state index in [-0.39, 0.29) is 11.3 Å². The summed E-state index contributed by atoms with van der Waals surface area (Å²) in [6.07, 6.45) is 6.65. The number of pyridine rings is 1. The monoisotopic (exact) mass is 337 g/mol. The lowest BCUT2D eigenvalue weighted by atomic mass is 9.86. The first-order valence-corrected chi connectivity index (χ1v) is 9.07. The van der Waals surface area contributed by atoms with E-state index in [9.17, 15) is 4.79 Å². The second-order valence-electron chi connectivity index (χ2n) is 7.81. The van der Waals surface area contributed by atoms with E-state index >= 15 is 0 Å². The Morgan fingerprint density at radius 2 is 1.84 bits per heavy atom. The van der Waals surface area contributed by atoms with E-state index in [2.05, 4.69) is 42.5 Å². The molecule has 3 rings (SSSR count). The van der Waals surface area contributed by atoms with Gasteiger partial charge in [0.25, 0.3) is 5.91 Å². The van der Waals surface area contributed by atoms with Crippen LogP contribution in [0.2, 0.25) is 0 Å². The van der Waals surface area contributed by atoms with Crippen LogP contribution in [-0.4, -0.2) is 16.9 Å². The van der Waals surface area contributed by atoms with Crippen molar-refractivity contribution in [3.05, 3.63) is 53.9 Å². The molecule has 132 valence electrons. The standard InChI is InChI=1S/C21H27N3O/c1-21(2,3)17-10-6-7-11-18(17)24-20(25)19-14-16(12-13-22-19)23-15-8-4-5-9-15/h6-7,10-15H,4-5,8-9H2,1-3H3,(H,22,23)(H,24,25). The number of anilines is 2. The van der Waals surface area contributed by atoms with Gasteiger partial charge in [0.05, 0.1) is 0 Å². The SMILES string of the molecule is CC(C)(C)c1ccccc1NC(=O)c1cc(NC2CCCC2)ccn1. The van der Waals surface area contributed by atoms with Crippen LogP contribution in [0.15, 0.2) is 42.6 Å². The fourth-order valence-electron chi connectivity index (χ4n) is 3.38. The predicted octanol–water partition coefficient (Wildman–Crippen LogP) is 4.99. The lowest BCUT2D eigenvalue weighted by molar-refractivity contribution is 0.102. The summed E-state index contributed by atoms with van der Waals surface area (Å²) in [5.41, 5.74) is 3.32. The molecule has 1 saturated carbocycles. The van der Waals surface area contributed by atoms with E-state index in [1.54, 1.807) is 6.20 Å². The Labute approximate surface area is 150 Å². The van der Waals surface area contributed by atoms with Crippen molar-refractivity contribution < 1.29 is 4.79 Å². The third-order valence-corrected chi connectivity index (χ3v) is 4.70. The number of hydrogen-bond donors (Lipinski definition) is 2. The number of benzene rings is 1. The number of nitrogens with zero attached hydrogens (tertiary/aromatic N) is 1. The predicted molar refractivity (Wildman–Crippen MR) is 103 cm³/mol. The average molecular weight is 337 g/mol. The summed E-state index contributed by atoms with van der Waals surface area (Å²) in [6.45, 7) is 6.42. The quantitative estimate of drug-likeness (QED) is 0.827. The van der Waals surface area contributed by atoms with Crippen molar-refractivity contribution >= 4 is 17.3 Å². The molecule has 1 aliphatic carbocycles. The summed E-state index contributed by atoms with van der Waals surface area (Å²) in [7, 11) is 0. The van der Waals surface area contributed by atoms with E-state index in [4.69, 9.17) is 0 Å². The van der Waals surface area contributed by atoms with Gasteiger partial charge in [0.1, 0.15) is 5.69 Å². The molecule has 1 heterocycles. The van der Waals surface area contributed by atoms with Crippen LogP contribution < -0.4 is 10.6 Å². The highest BCUT2D eigenvalue weighted by molar-refractivity contribution is 6.03. The Morgan fingerprint density at radius 3 is 2.56 bits per heavy atom. The second kappa shape index (κ2) is 7.26. The molecule has 2 N–H and O–H groups in total. The van der Waals surface area contributed by atoms with Crippen molar-refractivity contribution in [2.45, 2.75) is 57.9 Å². The van der Waals surface area contributed by atoms with Gasteiger partial charge < -0.3 is 10.6 Å². The number of carbonyl (C=O) groups is 1. The minimum atomic E-state index is -0.174. The zero-order chi connectivity index (χ0) is 17.9. The van der Waals surface area contributed by atoms with Crippen molar-refractivity contribution in [3.63, 3.8) is 0 Å². The van der Waals surface area contributed by atoms with E-state index in [1.807, 2.05) is 30.3 Å². The second-order valence-corrected chi connectivity index (χ2v) is 7.81. The Kier molecular flexibility index (Phi) is 5.07. The maximum atomic E-state index is 12.7. The molecule has 1 aromatic heterocycles. The van der Waals surface area contributed by atoms with Crippen molar-refractivity contribution in [1.82, 2.24) is 4.98 Å². The average Bonchev–Trinajstić information content (AvgIpc) is 3.07. The van der Waals surface area contributed by atoms with Crippen LogP contribution >= 0.6 is 0 Å². The number of aromatic nitrogens is 1. The van der Waals surface area contributed by atoms with Crippen LogP contribution in [0.25, 0.3) is 0 Å². The van der Waals surface area contributed by atoms with E-state index < -0.39 is 0 Å². The largest absolute Gasteiger partial charge is 0.382 e. The number of hydrogen-bond acceptors (Lipinski definition) is 3. The number of rotatable bonds is 4. The highest BCUT2D eigenvalue weighted by Crippen LogP contribution is 2.29. The lowest BCUT2D eigenvalue weighted by Crippen LogP contribution is -2.20. The summed E-state index contributed by atoms with van der Waals surface area (Å²) in [5, 5.41) is 6.54. The molecule has 0 atom stereocenters. The molecule has 0 bridgehead atoms. The van der Waals surface area contributed by atoms with Crippen LogP contribution in [0.1, 0.15) is 62.5 Å². The summed E-state index contributed by atoms with van der Waals surface area (Å²) >= 11 is 0. The van der Waals surface area contributed by atoms with Crippen molar-refractivity contribution in [2.75, 3.05) is 10.6 Å². The maximum Gasteiger partial charge on any atom is 0.274 e. The molecule has 1 aromatic carbocycles. The van der Waals surface area contributed by atoms with Gasteiger partial charge in [-0.05, 0) is 42.0 Å². The van der Waals surface area contributed by atoms with Gasteiger partial charge in [0.15, 0.2) is 0 Å². The van der Waals surface area contributed by atoms with Gasteiger partial charge in [0, 0.05) is 23.6 Å². The minimum Gasteiger partial charge on any atom is -0.382 e. The molecule has 4 heteroatoms. The molecule has 0 radical (unpaired) electrons. The maximum absolute atomic E-state index is 12.7. The van der Waals surface area contributed by atoms with Crippen molar-refractivity contribution in [3.8, 4) is 0 Å². The van der Waals surface area contributed by atoms with Crippen LogP contribution in [0.4, 0.5) is 11.4 Å². The fraction of sp³-hybridized carbons (Fsp3) is 0.429. The summed E-state index contributed by atoms with van der Waals surface area (Å²) in [6, 6.07) is 12.2. The van der Waals surface area contributed by atoms with E-state index in [0.717, 1.165) is 16.9 Å². The molecule has 0 aliphatic heterocycles. The molecule has 1 fully saturated rings. The molecule has 1 amide bonds. The molecular weight excluding hydrogens is 310 g/mol. The Hall–Kier alpha value is -2.36. The third kappa shape index (κ3) is 4.38. The van der Waals surface area contributed by atoms with Crippen LogP contribution in [-0.2, 0) is 5.41 Å². The Balaban J connectivity index is 1.76. The summed E-state index contributed by atoms with van der Waals surface area (Å²) < 4.78 is 0. The molecule has 1 aliphatic rings. The molecule has 25 heavy (non-hydrogen) atoms. The van der Waals surface area contributed by atoms with Crippen LogP contribution in [0.5, 0.6) is 0 Å². The molecule has 0 saturated heterocycles. The van der Waals surface area contributed by atoms with Crippen LogP contribution in [0, 0.1) is 0 Å². The highest BCUT2D eigenvalue weighted by atomic mass is 16.1. The topological polar surface area (TPSA) is 54.0 Å². The summed E-state index contributed by atoms with van der Waals surface area (Å²) in [4.78, 5) is 16.9. The smallest absolute Gasteiger partial charge is 0.274 e. The van der Waals surface area contributed by atoms with Gasteiger partial charge in [-0.25, -0.2) is 0 Å². The van der Waals surface area contributed by atoms with Gasteiger partial charge in [-0.15, -0.1) is 0 Å². The van der Waals surface area contributed by atoms with Gasteiger partial charge >= 0.3 is 0 Å². The summed E-state index contributed by atoms with van der Waals surface area (Å²) in [5.74, 6) is -0.174. The molecule has 0 unspecified atom stereocenters. The van der Waals surface area contributed by atoms with Gasteiger partial charge in [-0.2, -0.15) is 0 Å². The zero-order valence-corrected chi connectivity index (χ0v) is 15.3. The van der Waals surface area contributed by atoms with Crippen molar-refractivity contribution in [1.29, 1.82) is 0 Å². The first kappa shape index (κ1) is 17.5. The van der Waals surface area contributed by atoms with Crippen molar-refractivity contribution in [2.24, 2.45) is 0 Å². The van der Waals surface area contributed by atoms with E-state index in [1.165, 1.54) is 25.7 Å². The van der Waals surface area contributed by atoms with Gasteiger partial charge in [-0.3, -0.25) is 9.78 Å². The normalized spacial score (nSPS) is 15.2. The minimum absolute atomic E-state index is 0.0385. The number of amides is 1. The first-order valence-electron chi connectivity index (χ1n) is 9.07. The van der Waals surface area contributed by atoms with Gasteiger partial charge in [-0.1, -0.05) is 51.8 Å². The van der Waals surface area contributed by atoms with Gasteiger partial charge in [0.2, 0.25) is 0 Å². The number of para-hydroxylation sites is 1. The number of carbonyl (C=O) groups excluding carboxylic acids is 1. The number of nitrogens with one attached hydrogen (secondary N) is 2. The highest BCUT2D eigenvalue weighted by Gasteiger charge is 2.20. The first-order chi connectivity index (χ1) is 11.9. The lowest BCUT2D eigenvalue weighted by Gasteiger charge is -2.23. The molecule has 0 spiro atoms. The zero-order valence-electron chi connectivity index (χ0n) is 15.3. The Morgan fingerprint density at radius 1 is 1.12 bits per heavy atom. The molecular formula is C21H27N3O. The fourth-order valence-corrected chi connectivity index (χ4v) is 3.38. The third-order valence-electron chi connectivity index (χ3n) is 4.70. The Bertz CT molecular complexity index is 743.